The molecule has 0 fully saturated rings. The molecule has 21 heavy (non-hydrogen) atoms. The first kappa shape index (κ1) is 15.5. The number of aliphatic carboxylic acids is 1. The van der Waals surface area contributed by atoms with Gasteiger partial charge in [-0.3, -0.25) is 4.79 Å². The number of rotatable bonds is 6. The van der Waals surface area contributed by atoms with Crippen LogP contribution in [0, 0.1) is 5.92 Å². The summed E-state index contributed by atoms with van der Waals surface area (Å²) in [6.07, 6.45) is 10.1. The van der Waals surface area contributed by atoms with Gasteiger partial charge in [-0.25, -0.2) is 0 Å². The topological polar surface area (TPSA) is 63.3 Å². The summed E-state index contributed by atoms with van der Waals surface area (Å²) < 4.78 is 0. The van der Waals surface area contributed by atoms with E-state index in [1.165, 1.54) is 11.1 Å². The predicted molar refractivity (Wildman–Crippen MR) is 85.9 cm³/mol. The molecule has 3 N–H and O–H groups in total. The van der Waals surface area contributed by atoms with Crippen LogP contribution in [0.25, 0.3) is 5.57 Å². The molecule has 2 atom stereocenters. The third-order valence-corrected chi connectivity index (χ3v) is 3.86. The molecule has 112 valence electrons. The van der Waals surface area contributed by atoms with Gasteiger partial charge in [0.15, 0.2) is 0 Å². The number of benzene rings is 1. The minimum Gasteiger partial charge on any atom is -0.481 e. The molecule has 1 unspecified atom stereocenters. The van der Waals surface area contributed by atoms with Crippen LogP contribution in [0.4, 0.5) is 0 Å². The highest BCUT2D eigenvalue weighted by molar-refractivity contribution is 5.74. The van der Waals surface area contributed by atoms with E-state index in [0.717, 1.165) is 18.4 Å². The second-order valence-electron chi connectivity index (χ2n) is 5.78. The zero-order valence-electron chi connectivity index (χ0n) is 12.5. The largest absolute Gasteiger partial charge is 0.481 e. The summed E-state index contributed by atoms with van der Waals surface area (Å²) in [7, 11) is 0. The molecule has 0 aromatic heterocycles. The number of carboxylic acid groups (broad SMARTS) is 1. The van der Waals surface area contributed by atoms with Crippen molar-refractivity contribution in [3.63, 3.8) is 0 Å². The first-order chi connectivity index (χ1) is 10.1. The zero-order valence-corrected chi connectivity index (χ0v) is 12.5. The lowest BCUT2D eigenvalue weighted by atomic mass is 9.94. The number of hydrogen-bond acceptors (Lipinski definition) is 2. The maximum absolute atomic E-state index is 10.8. The van der Waals surface area contributed by atoms with Gasteiger partial charge in [0.2, 0.25) is 0 Å². The second kappa shape index (κ2) is 7.23. The van der Waals surface area contributed by atoms with E-state index in [2.05, 4.69) is 42.5 Å². The Labute approximate surface area is 126 Å². The molecule has 2 rings (SSSR count). The molecule has 1 aromatic carbocycles. The fraction of sp³-hybridized carbons (Fsp3) is 0.389. The highest BCUT2D eigenvalue weighted by Gasteiger charge is 2.15. The van der Waals surface area contributed by atoms with Crippen molar-refractivity contribution in [1.29, 1.82) is 0 Å². The summed E-state index contributed by atoms with van der Waals surface area (Å²) in [5, 5.41) is 8.91. The van der Waals surface area contributed by atoms with Crippen LogP contribution in [0.1, 0.15) is 37.3 Å². The Kier molecular flexibility index (Phi) is 5.34. The van der Waals surface area contributed by atoms with Gasteiger partial charge in [0.1, 0.15) is 0 Å². The molecule has 0 heterocycles. The Morgan fingerprint density at radius 3 is 2.57 bits per heavy atom. The van der Waals surface area contributed by atoms with E-state index >= 15 is 0 Å². The van der Waals surface area contributed by atoms with E-state index in [0.29, 0.717) is 12.8 Å². The summed E-state index contributed by atoms with van der Waals surface area (Å²) in [6, 6.07) is 8.29. The molecule has 1 aromatic rings. The van der Waals surface area contributed by atoms with Gasteiger partial charge in [-0.2, -0.15) is 0 Å². The number of hydrogen-bond donors (Lipinski definition) is 2. The van der Waals surface area contributed by atoms with Crippen molar-refractivity contribution in [3.05, 3.63) is 53.6 Å². The minimum atomic E-state index is -0.781. The van der Waals surface area contributed by atoms with Gasteiger partial charge in [-0.15, -0.1) is 0 Å². The minimum absolute atomic E-state index is 0.115. The molecule has 1 aliphatic carbocycles. The Bertz CT molecular complexity index is 543. The Balaban J connectivity index is 1.94. The average molecular weight is 285 g/mol. The highest BCUT2D eigenvalue weighted by Crippen LogP contribution is 2.22. The predicted octanol–water partition coefficient (Wildman–Crippen LogP) is 3.40. The zero-order chi connectivity index (χ0) is 15.2. The monoisotopic (exact) mass is 285 g/mol. The third-order valence-electron chi connectivity index (χ3n) is 3.86. The van der Waals surface area contributed by atoms with Crippen LogP contribution in [0.2, 0.25) is 0 Å². The van der Waals surface area contributed by atoms with Crippen LogP contribution >= 0.6 is 0 Å². The molecule has 0 radical (unpaired) electrons. The van der Waals surface area contributed by atoms with Crippen molar-refractivity contribution in [2.75, 3.05) is 0 Å². The molecule has 0 spiro atoms. The molecule has 0 saturated carbocycles. The van der Waals surface area contributed by atoms with Crippen molar-refractivity contribution in [2.24, 2.45) is 11.7 Å². The van der Waals surface area contributed by atoms with E-state index in [1.54, 1.807) is 6.92 Å². The summed E-state index contributed by atoms with van der Waals surface area (Å²) in [5.41, 5.74) is 9.69. The summed E-state index contributed by atoms with van der Waals surface area (Å²) in [6.45, 7) is 1.70. The SMILES string of the molecule is C[C@@H](CC(N)Cc1ccc(C2=CCCC=C2)cc1)C(=O)O. The summed E-state index contributed by atoms with van der Waals surface area (Å²) in [5.74, 6) is -1.17. The van der Waals surface area contributed by atoms with Crippen molar-refractivity contribution >= 4 is 11.5 Å². The van der Waals surface area contributed by atoms with Gasteiger partial charge in [0.25, 0.3) is 0 Å². The fourth-order valence-corrected chi connectivity index (χ4v) is 2.60. The van der Waals surface area contributed by atoms with Gasteiger partial charge in [-0.1, -0.05) is 49.4 Å². The van der Waals surface area contributed by atoms with E-state index in [9.17, 15) is 4.79 Å². The first-order valence-corrected chi connectivity index (χ1v) is 7.50. The van der Waals surface area contributed by atoms with Gasteiger partial charge in [0.05, 0.1) is 5.92 Å². The molecular formula is C18H23NO2. The van der Waals surface area contributed by atoms with Crippen molar-refractivity contribution < 1.29 is 9.90 Å². The lowest BCUT2D eigenvalue weighted by molar-refractivity contribution is -0.141. The standard InChI is InChI=1S/C18H23NO2/c1-13(18(20)21)11-17(19)12-14-7-9-16(10-8-14)15-5-3-2-4-6-15/h3,5-10,13,17H,2,4,11-12,19H2,1H3,(H,20,21)/t13-,17?/m0/s1. The van der Waals surface area contributed by atoms with Gasteiger partial charge in [0, 0.05) is 6.04 Å². The Hall–Kier alpha value is -1.87. The average Bonchev–Trinajstić information content (AvgIpc) is 2.48. The summed E-state index contributed by atoms with van der Waals surface area (Å²) in [4.78, 5) is 10.8. The Morgan fingerprint density at radius 2 is 2.00 bits per heavy atom. The van der Waals surface area contributed by atoms with Gasteiger partial charge >= 0.3 is 5.97 Å². The van der Waals surface area contributed by atoms with Crippen molar-refractivity contribution in [1.82, 2.24) is 0 Å². The molecule has 3 heteroatoms. The molecule has 0 amide bonds. The van der Waals surface area contributed by atoms with E-state index < -0.39 is 11.9 Å². The molecule has 0 saturated heterocycles. The van der Waals surface area contributed by atoms with Gasteiger partial charge < -0.3 is 10.8 Å². The quantitative estimate of drug-likeness (QED) is 0.842. The van der Waals surface area contributed by atoms with Crippen LogP contribution in [0.15, 0.2) is 42.5 Å². The van der Waals surface area contributed by atoms with Crippen LogP contribution in [-0.2, 0) is 11.2 Å². The lowest BCUT2D eigenvalue weighted by Gasteiger charge is -2.15. The first-order valence-electron chi connectivity index (χ1n) is 7.50. The maximum atomic E-state index is 10.8. The van der Waals surface area contributed by atoms with Crippen LogP contribution in [0.3, 0.4) is 0 Å². The number of allylic oxidation sites excluding steroid dienone is 4. The van der Waals surface area contributed by atoms with Crippen LogP contribution in [0.5, 0.6) is 0 Å². The fourth-order valence-electron chi connectivity index (χ4n) is 2.60. The van der Waals surface area contributed by atoms with Crippen molar-refractivity contribution in [2.45, 2.75) is 38.6 Å². The molecular weight excluding hydrogens is 262 g/mol. The number of nitrogens with two attached hydrogens (primary N) is 1. The van der Waals surface area contributed by atoms with Gasteiger partial charge in [-0.05, 0) is 42.4 Å². The lowest BCUT2D eigenvalue weighted by Crippen LogP contribution is -2.28. The molecule has 1 aliphatic rings. The third kappa shape index (κ3) is 4.57. The van der Waals surface area contributed by atoms with Crippen LogP contribution < -0.4 is 5.73 Å². The maximum Gasteiger partial charge on any atom is 0.306 e. The van der Waals surface area contributed by atoms with Crippen molar-refractivity contribution in [3.8, 4) is 0 Å². The number of carbonyl (C=O) groups is 1. The summed E-state index contributed by atoms with van der Waals surface area (Å²) >= 11 is 0. The smallest absolute Gasteiger partial charge is 0.306 e. The Morgan fingerprint density at radius 1 is 1.29 bits per heavy atom. The van der Waals surface area contributed by atoms with Crippen LogP contribution in [-0.4, -0.2) is 17.1 Å². The molecule has 0 aliphatic heterocycles. The second-order valence-corrected chi connectivity index (χ2v) is 5.78. The normalized spacial score (nSPS) is 17.1. The number of carboxylic acids is 1. The molecule has 0 bridgehead atoms. The highest BCUT2D eigenvalue weighted by atomic mass is 16.4. The van der Waals surface area contributed by atoms with E-state index in [1.807, 2.05) is 0 Å². The van der Waals surface area contributed by atoms with E-state index in [-0.39, 0.29) is 6.04 Å². The van der Waals surface area contributed by atoms with E-state index in [4.69, 9.17) is 10.8 Å². The molecule has 3 nitrogen and oxygen atoms in total.